The first-order valence-corrected chi connectivity index (χ1v) is 11.2. The van der Waals surface area contributed by atoms with Crippen LogP contribution in [0.1, 0.15) is 38.3 Å². The van der Waals surface area contributed by atoms with E-state index in [-0.39, 0.29) is 12.7 Å². The van der Waals surface area contributed by atoms with Crippen LogP contribution in [0.3, 0.4) is 0 Å². The maximum Gasteiger partial charge on any atom is 0.236 e. The summed E-state index contributed by atoms with van der Waals surface area (Å²) in [5.41, 5.74) is 3.99. The van der Waals surface area contributed by atoms with Crippen molar-refractivity contribution in [1.29, 1.82) is 5.26 Å². The van der Waals surface area contributed by atoms with Gasteiger partial charge in [-0.3, -0.25) is 0 Å². The van der Waals surface area contributed by atoms with E-state index in [1.165, 1.54) is 0 Å². The van der Waals surface area contributed by atoms with Crippen LogP contribution in [-0.2, 0) is 12.0 Å². The quantitative estimate of drug-likeness (QED) is 0.546. The van der Waals surface area contributed by atoms with Gasteiger partial charge in [0.15, 0.2) is 0 Å². The zero-order valence-electron chi connectivity index (χ0n) is 19.0. The molecule has 5 rings (SSSR count). The molecule has 0 saturated carbocycles. The summed E-state index contributed by atoms with van der Waals surface area (Å²) in [5, 5.41) is 30.6. The predicted molar refractivity (Wildman–Crippen MR) is 124 cm³/mol. The van der Waals surface area contributed by atoms with E-state index in [0.29, 0.717) is 35.5 Å². The van der Waals surface area contributed by atoms with Gasteiger partial charge in [0, 0.05) is 36.7 Å². The van der Waals surface area contributed by atoms with Gasteiger partial charge in [0.1, 0.15) is 17.9 Å². The third-order valence-corrected chi connectivity index (χ3v) is 6.53. The highest BCUT2D eigenvalue weighted by atomic mass is 16.5. The molecule has 0 radical (unpaired) electrons. The lowest BCUT2D eigenvalue weighted by atomic mass is 9.83. The number of hydrogen-bond donors (Lipinski definition) is 3. The van der Waals surface area contributed by atoms with Crippen LogP contribution in [0.5, 0.6) is 5.88 Å². The van der Waals surface area contributed by atoms with Crippen LogP contribution in [0.2, 0.25) is 0 Å². The van der Waals surface area contributed by atoms with Crippen LogP contribution in [0.4, 0.5) is 17.3 Å². The van der Waals surface area contributed by atoms with Crippen molar-refractivity contribution in [3.63, 3.8) is 0 Å². The molecular formula is C24H27N7O2. The predicted octanol–water partition coefficient (Wildman–Crippen LogP) is 3.44. The Morgan fingerprint density at radius 3 is 3.03 bits per heavy atom. The lowest BCUT2D eigenvalue weighted by molar-refractivity contribution is 0.0948. The Bertz CT molecular complexity index is 1250. The number of anilines is 3. The second-order valence-electron chi connectivity index (χ2n) is 9.30. The molecule has 2 unspecified atom stereocenters. The molecule has 170 valence electrons. The third kappa shape index (κ3) is 3.66. The summed E-state index contributed by atoms with van der Waals surface area (Å²) in [7, 11) is 0. The number of rotatable bonds is 5. The number of ether oxygens (including phenoxy) is 1. The number of hydrogen-bond acceptors (Lipinski definition) is 8. The highest BCUT2D eigenvalue weighted by Crippen LogP contribution is 2.41. The lowest BCUT2D eigenvalue weighted by Gasteiger charge is -2.28. The summed E-state index contributed by atoms with van der Waals surface area (Å²) in [6.07, 6.45) is 4.49. The molecular weight excluding hydrogens is 418 g/mol. The second kappa shape index (κ2) is 8.05. The molecule has 33 heavy (non-hydrogen) atoms. The van der Waals surface area contributed by atoms with Gasteiger partial charge in [-0.25, -0.2) is 14.6 Å². The first-order valence-electron chi connectivity index (χ1n) is 11.2. The minimum atomic E-state index is -0.452. The van der Waals surface area contributed by atoms with Crippen molar-refractivity contribution in [3.8, 4) is 23.2 Å². The maximum atomic E-state index is 9.96. The molecule has 0 aliphatic carbocycles. The lowest BCUT2D eigenvalue weighted by Crippen LogP contribution is -2.30. The number of nitriles is 1. The number of fused-ring (bicyclic) bond motifs is 2. The summed E-state index contributed by atoms with van der Waals surface area (Å²) >= 11 is 0. The second-order valence-corrected chi connectivity index (χ2v) is 9.30. The summed E-state index contributed by atoms with van der Waals surface area (Å²) in [6.45, 7) is 7.67. The third-order valence-electron chi connectivity index (χ3n) is 6.53. The number of benzene rings is 1. The molecule has 0 amide bonds. The monoisotopic (exact) mass is 445 g/mol. The largest absolute Gasteiger partial charge is 0.473 e. The Morgan fingerprint density at radius 1 is 1.42 bits per heavy atom. The highest BCUT2D eigenvalue weighted by Gasteiger charge is 2.36. The molecule has 9 nitrogen and oxygen atoms in total. The van der Waals surface area contributed by atoms with E-state index in [1.54, 1.807) is 12.4 Å². The molecule has 4 heterocycles. The zero-order valence-corrected chi connectivity index (χ0v) is 19.0. The average molecular weight is 446 g/mol. The summed E-state index contributed by atoms with van der Waals surface area (Å²) in [6, 6.07) is 7.89. The van der Waals surface area contributed by atoms with Crippen LogP contribution in [0.25, 0.3) is 11.3 Å². The molecule has 2 atom stereocenters. The zero-order chi connectivity index (χ0) is 23.2. The number of aliphatic hydroxyl groups is 1. The van der Waals surface area contributed by atoms with Gasteiger partial charge < -0.3 is 20.5 Å². The molecule has 9 heteroatoms. The van der Waals surface area contributed by atoms with Crippen molar-refractivity contribution >= 4 is 17.3 Å². The smallest absolute Gasteiger partial charge is 0.236 e. The molecule has 2 aromatic heterocycles. The van der Waals surface area contributed by atoms with Crippen LogP contribution in [0, 0.1) is 17.2 Å². The van der Waals surface area contributed by atoms with E-state index in [9.17, 15) is 10.4 Å². The Kier molecular flexibility index (Phi) is 5.17. The van der Waals surface area contributed by atoms with Gasteiger partial charge in [-0.2, -0.15) is 10.4 Å². The van der Waals surface area contributed by atoms with E-state index in [4.69, 9.17) is 4.74 Å². The maximum absolute atomic E-state index is 9.96. The summed E-state index contributed by atoms with van der Waals surface area (Å²) in [4.78, 5) is 9.06. The molecule has 1 aromatic carbocycles. The number of aryl methyl sites for hydroxylation is 1. The standard InChI is InChI=1S/C24H27N7O2/c1-14(2)20-5-7-31-22(33-20)19(11-28-31)30-23-26-6-4-18(29-23)15-8-16(10-25)21-17(9-15)24(3,13-32)12-27-21/h4,6,8-9,11,14,20,27,32H,5,7,12-13H2,1-3H3,(H,26,29,30). The Hall–Kier alpha value is -3.64. The van der Waals surface area contributed by atoms with Crippen LogP contribution in [-0.4, -0.2) is 44.1 Å². The molecule has 0 bridgehead atoms. The van der Waals surface area contributed by atoms with Crippen molar-refractivity contribution in [2.24, 2.45) is 5.92 Å². The van der Waals surface area contributed by atoms with Gasteiger partial charge >= 0.3 is 0 Å². The normalized spacial score (nSPS) is 21.0. The SMILES string of the molecule is CC(C)C1CCn2ncc(Nc3nccc(-c4cc(C#N)c5c(c4)C(C)(CO)CN5)n3)c2O1. The van der Waals surface area contributed by atoms with Gasteiger partial charge in [-0.15, -0.1) is 0 Å². The average Bonchev–Trinajstić information content (AvgIpc) is 3.39. The van der Waals surface area contributed by atoms with Crippen LogP contribution in [0.15, 0.2) is 30.6 Å². The first-order chi connectivity index (χ1) is 15.9. The van der Waals surface area contributed by atoms with Gasteiger partial charge in [0.05, 0.1) is 29.7 Å². The molecule has 0 fully saturated rings. The van der Waals surface area contributed by atoms with Gasteiger partial charge in [-0.1, -0.05) is 20.8 Å². The Balaban J connectivity index is 1.47. The first kappa shape index (κ1) is 21.2. The van der Waals surface area contributed by atoms with Crippen LogP contribution < -0.4 is 15.4 Å². The van der Waals surface area contributed by atoms with Gasteiger partial charge in [0.25, 0.3) is 0 Å². The summed E-state index contributed by atoms with van der Waals surface area (Å²) < 4.78 is 8.04. The minimum Gasteiger partial charge on any atom is -0.473 e. The van der Waals surface area contributed by atoms with Crippen molar-refractivity contribution in [3.05, 3.63) is 41.7 Å². The van der Waals surface area contributed by atoms with E-state index in [2.05, 4.69) is 45.6 Å². The molecule has 2 aliphatic rings. The topological polar surface area (TPSA) is 121 Å². The fourth-order valence-electron chi connectivity index (χ4n) is 4.43. The molecule has 0 saturated heterocycles. The number of aromatic nitrogens is 4. The molecule has 3 aromatic rings. The van der Waals surface area contributed by atoms with Crippen LogP contribution >= 0.6 is 0 Å². The highest BCUT2D eigenvalue weighted by molar-refractivity contribution is 5.76. The Labute approximate surface area is 192 Å². The number of nitrogens with one attached hydrogen (secondary N) is 2. The van der Waals surface area contributed by atoms with Crippen molar-refractivity contribution in [2.45, 2.75) is 45.3 Å². The van der Waals surface area contributed by atoms with E-state index in [0.717, 1.165) is 35.5 Å². The summed E-state index contributed by atoms with van der Waals surface area (Å²) in [5.74, 6) is 1.53. The minimum absolute atomic E-state index is 0.0119. The molecule has 0 spiro atoms. The molecule has 2 aliphatic heterocycles. The fourth-order valence-corrected chi connectivity index (χ4v) is 4.43. The fraction of sp³-hybridized carbons (Fsp3) is 0.417. The van der Waals surface area contributed by atoms with Crippen molar-refractivity contribution in [1.82, 2.24) is 19.7 Å². The number of aliphatic hydroxyl groups excluding tert-OH is 1. The van der Waals surface area contributed by atoms with E-state index >= 15 is 0 Å². The van der Waals surface area contributed by atoms with Gasteiger partial charge in [0.2, 0.25) is 11.8 Å². The Morgan fingerprint density at radius 2 is 2.27 bits per heavy atom. The van der Waals surface area contributed by atoms with Gasteiger partial charge in [-0.05, 0) is 29.7 Å². The van der Waals surface area contributed by atoms with E-state index in [1.807, 2.05) is 29.8 Å². The van der Waals surface area contributed by atoms with Crippen molar-refractivity contribution < 1.29 is 9.84 Å². The van der Waals surface area contributed by atoms with E-state index < -0.39 is 5.41 Å². The van der Waals surface area contributed by atoms with Crippen molar-refractivity contribution in [2.75, 3.05) is 23.8 Å². The molecule has 3 N–H and O–H groups in total. The number of nitrogens with zero attached hydrogens (tertiary/aromatic N) is 5.